The van der Waals surface area contributed by atoms with Gasteiger partial charge in [-0.25, -0.2) is 0 Å². The van der Waals surface area contributed by atoms with Crippen molar-refractivity contribution in [1.82, 2.24) is 0 Å². The van der Waals surface area contributed by atoms with Crippen LogP contribution in [0, 0.1) is 29.6 Å². The molecule has 0 radical (unpaired) electrons. The molecule has 0 aromatic rings. The van der Waals surface area contributed by atoms with Gasteiger partial charge >= 0.3 is 0 Å². The van der Waals surface area contributed by atoms with E-state index in [9.17, 15) is 0 Å². The fourth-order valence-corrected chi connectivity index (χ4v) is 4.65. The van der Waals surface area contributed by atoms with Crippen molar-refractivity contribution < 1.29 is 4.74 Å². The second-order valence-electron chi connectivity index (χ2n) is 8.17. The molecule has 2 fully saturated rings. The Morgan fingerprint density at radius 1 is 0.810 bits per heavy atom. The standard InChI is InChI=1S/C20H38O/c1-5-14-21-20-13-12-19(16(3)17(20)4)11-10-18-8-6-15(2)7-9-18/h15-20H,5-14H2,1-4H3. The van der Waals surface area contributed by atoms with Gasteiger partial charge in [-0.1, -0.05) is 59.8 Å². The van der Waals surface area contributed by atoms with Gasteiger partial charge in [-0.2, -0.15) is 0 Å². The van der Waals surface area contributed by atoms with E-state index >= 15 is 0 Å². The average molecular weight is 295 g/mol. The minimum absolute atomic E-state index is 0.534. The van der Waals surface area contributed by atoms with Crippen LogP contribution in [0.15, 0.2) is 0 Å². The largest absolute Gasteiger partial charge is 0.378 e. The lowest BCUT2D eigenvalue weighted by atomic mass is 9.69. The summed E-state index contributed by atoms with van der Waals surface area (Å²) in [6, 6.07) is 0. The SMILES string of the molecule is CCCOC1CCC(CCC2CCC(C)CC2)C(C)C1C. The Morgan fingerprint density at radius 2 is 1.52 bits per heavy atom. The second-order valence-corrected chi connectivity index (χ2v) is 8.17. The lowest BCUT2D eigenvalue weighted by Crippen LogP contribution is -2.37. The molecule has 124 valence electrons. The van der Waals surface area contributed by atoms with Crippen LogP contribution in [0.4, 0.5) is 0 Å². The summed E-state index contributed by atoms with van der Waals surface area (Å²) in [4.78, 5) is 0. The zero-order chi connectivity index (χ0) is 15.2. The van der Waals surface area contributed by atoms with Crippen molar-refractivity contribution in [2.24, 2.45) is 29.6 Å². The van der Waals surface area contributed by atoms with Crippen LogP contribution in [-0.2, 0) is 4.74 Å². The molecule has 0 N–H and O–H groups in total. The predicted molar refractivity (Wildman–Crippen MR) is 91.4 cm³/mol. The van der Waals surface area contributed by atoms with E-state index in [0.717, 1.165) is 42.6 Å². The summed E-state index contributed by atoms with van der Waals surface area (Å²) in [6.45, 7) is 10.5. The van der Waals surface area contributed by atoms with E-state index in [1.807, 2.05) is 0 Å². The summed E-state index contributed by atoms with van der Waals surface area (Å²) >= 11 is 0. The molecule has 2 aliphatic rings. The first kappa shape index (κ1) is 17.3. The number of hydrogen-bond acceptors (Lipinski definition) is 1. The minimum atomic E-state index is 0.534. The van der Waals surface area contributed by atoms with E-state index in [0.29, 0.717) is 6.10 Å². The molecule has 0 aliphatic heterocycles. The summed E-state index contributed by atoms with van der Waals surface area (Å²) in [5.41, 5.74) is 0. The number of ether oxygens (including phenoxy) is 1. The first-order valence-corrected chi connectivity index (χ1v) is 9.73. The third kappa shape index (κ3) is 4.98. The van der Waals surface area contributed by atoms with E-state index in [1.54, 1.807) is 0 Å². The van der Waals surface area contributed by atoms with Crippen molar-refractivity contribution in [1.29, 1.82) is 0 Å². The van der Waals surface area contributed by atoms with Gasteiger partial charge in [0.25, 0.3) is 0 Å². The Hall–Kier alpha value is -0.0400. The number of rotatable bonds is 6. The molecule has 0 aromatic heterocycles. The van der Waals surface area contributed by atoms with Gasteiger partial charge in [0.15, 0.2) is 0 Å². The summed E-state index contributed by atoms with van der Waals surface area (Å²) in [5.74, 6) is 4.59. The Morgan fingerprint density at radius 3 is 2.19 bits per heavy atom. The van der Waals surface area contributed by atoms with Crippen LogP contribution >= 0.6 is 0 Å². The molecular formula is C20H38O. The van der Waals surface area contributed by atoms with E-state index in [4.69, 9.17) is 4.74 Å². The highest BCUT2D eigenvalue weighted by molar-refractivity contribution is 4.84. The molecule has 2 aliphatic carbocycles. The maximum atomic E-state index is 6.07. The summed E-state index contributed by atoms with van der Waals surface area (Å²) in [6.07, 6.45) is 13.3. The monoisotopic (exact) mass is 294 g/mol. The van der Waals surface area contributed by atoms with Gasteiger partial charge in [-0.15, -0.1) is 0 Å². The van der Waals surface area contributed by atoms with E-state index < -0.39 is 0 Å². The summed E-state index contributed by atoms with van der Waals surface area (Å²) < 4.78 is 6.07. The molecule has 0 heterocycles. The van der Waals surface area contributed by atoms with Crippen molar-refractivity contribution >= 4 is 0 Å². The summed E-state index contributed by atoms with van der Waals surface area (Å²) in [7, 11) is 0. The predicted octanol–water partition coefficient (Wildman–Crippen LogP) is 6.07. The number of hydrogen-bond donors (Lipinski definition) is 0. The van der Waals surface area contributed by atoms with E-state index in [-0.39, 0.29) is 0 Å². The topological polar surface area (TPSA) is 9.23 Å². The first-order chi connectivity index (χ1) is 10.1. The third-order valence-electron chi connectivity index (χ3n) is 6.60. The molecular weight excluding hydrogens is 256 g/mol. The van der Waals surface area contributed by atoms with Crippen molar-refractivity contribution in [3.63, 3.8) is 0 Å². The lowest BCUT2D eigenvalue weighted by Gasteiger charge is -2.40. The van der Waals surface area contributed by atoms with Crippen LogP contribution < -0.4 is 0 Å². The molecule has 2 saturated carbocycles. The Labute approximate surface area is 133 Å². The van der Waals surface area contributed by atoms with E-state index in [2.05, 4.69) is 27.7 Å². The van der Waals surface area contributed by atoms with E-state index in [1.165, 1.54) is 51.4 Å². The average Bonchev–Trinajstić information content (AvgIpc) is 2.49. The highest BCUT2D eigenvalue weighted by Gasteiger charge is 2.34. The van der Waals surface area contributed by atoms with Gasteiger partial charge in [0.05, 0.1) is 6.10 Å². The van der Waals surface area contributed by atoms with Gasteiger partial charge < -0.3 is 4.74 Å². The van der Waals surface area contributed by atoms with Gasteiger partial charge in [0.2, 0.25) is 0 Å². The molecule has 4 atom stereocenters. The van der Waals surface area contributed by atoms with Crippen LogP contribution in [0.3, 0.4) is 0 Å². The van der Waals surface area contributed by atoms with Gasteiger partial charge in [-0.05, 0) is 55.3 Å². The van der Waals surface area contributed by atoms with Gasteiger partial charge in [0, 0.05) is 6.61 Å². The van der Waals surface area contributed by atoms with Crippen molar-refractivity contribution in [2.45, 2.75) is 91.6 Å². The third-order valence-corrected chi connectivity index (χ3v) is 6.60. The molecule has 4 unspecified atom stereocenters. The molecule has 0 aromatic carbocycles. The molecule has 0 bridgehead atoms. The Kier molecular flexibility index (Phi) is 7.05. The fraction of sp³-hybridized carbons (Fsp3) is 1.00. The Balaban J connectivity index is 1.72. The quantitative estimate of drug-likeness (QED) is 0.577. The van der Waals surface area contributed by atoms with Gasteiger partial charge in [-0.3, -0.25) is 0 Å². The highest BCUT2D eigenvalue weighted by atomic mass is 16.5. The zero-order valence-corrected chi connectivity index (χ0v) is 14.9. The maximum absolute atomic E-state index is 6.07. The first-order valence-electron chi connectivity index (χ1n) is 9.73. The minimum Gasteiger partial charge on any atom is -0.378 e. The van der Waals surface area contributed by atoms with Gasteiger partial charge in [0.1, 0.15) is 0 Å². The summed E-state index contributed by atoms with van der Waals surface area (Å²) in [5, 5.41) is 0. The van der Waals surface area contributed by atoms with Crippen LogP contribution in [-0.4, -0.2) is 12.7 Å². The molecule has 21 heavy (non-hydrogen) atoms. The van der Waals surface area contributed by atoms with Crippen molar-refractivity contribution in [3.8, 4) is 0 Å². The highest BCUT2D eigenvalue weighted by Crippen LogP contribution is 2.40. The smallest absolute Gasteiger partial charge is 0.0603 e. The normalized spacial score (nSPS) is 41.1. The van der Waals surface area contributed by atoms with Crippen LogP contribution in [0.1, 0.15) is 85.5 Å². The van der Waals surface area contributed by atoms with Crippen LogP contribution in [0.2, 0.25) is 0 Å². The molecule has 0 amide bonds. The maximum Gasteiger partial charge on any atom is 0.0603 e. The molecule has 1 nitrogen and oxygen atoms in total. The fourth-order valence-electron chi connectivity index (χ4n) is 4.65. The van der Waals surface area contributed by atoms with Crippen LogP contribution in [0.5, 0.6) is 0 Å². The molecule has 1 heteroatoms. The van der Waals surface area contributed by atoms with Crippen molar-refractivity contribution in [2.75, 3.05) is 6.61 Å². The zero-order valence-electron chi connectivity index (χ0n) is 14.9. The van der Waals surface area contributed by atoms with Crippen LogP contribution in [0.25, 0.3) is 0 Å². The molecule has 2 rings (SSSR count). The van der Waals surface area contributed by atoms with Crippen molar-refractivity contribution in [3.05, 3.63) is 0 Å². The second kappa shape index (κ2) is 8.56. The Bertz CT molecular complexity index is 280. The molecule has 0 spiro atoms. The lowest BCUT2D eigenvalue weighted by molar-refractivity contribution is -0.0429. The molecule has 0 saturated heterocycles.